The molecule has 13 heavy (non-hydrogen) atoms. The van der Waals surface area contributed by atoms with E-state index in [0.717, 1.165) is 0 Å². The first-order valence-electron chi connectivity index (χ1n) is 4.97. The monoisotopic (exact) mass is 192 g/mol. The molecule has 0 aliphatic carbocycles. The summed E-state index contributed by atoms with van der Waals surface area (Å²) in [6.45, 7) is 17.2. The van der Waals surface area contributed by atoms with Crippen molar-refractivity contribution in [1.29, 1.82) is 0 Å². The van der Waals surface area contributed by atoms with Crippen molar-refractivity contribution in [2.75, 3.05) is 0 Å². The van der Waals surface area contributed by atoms with Gasteiger partial charge in [-0.1, -0.05) is 83.1 Å². The van der Waals surface area contributed by atoms with Crippen LogP contribution in [0.15, 0.2) is 0 Å². The Labute approximate surface area is 89.1 Å². The fraction of sp³-hybridized carbons (Fsp3) is 1.00. The van der Waals surface area contributed by atoms with E-state index < -0.39 is 0 Å². The molecule has 0 fully saturated rings. The Morgan fingerprint density at radius 3 is 0.846 bits per heavy atom. The zero-order valence-corrected chi connectivity index (χ0v) is 9.91. The van der Waals surface area contributed by atoms with Crippen LogP contribution in [0.2, 0.25) is 0 Å². The van der Waals surface area contributed by atoms with Gasteiger partial charge in [0.25, 0.3) is 0 Å². The van der Waals surface area contributed by atoms with E-state index in [9.17, 15) is 0 Å². The third kappa shape index (κ3) is 133. The third-order valence-electron chi connectivity index (χ3n) is 1.06. The van der Waals surface area contributed by atoms with E-state index >= 15 is 0 Å². The van der Waals surface area contributed by atoms with Crippen LogP contribution in [0.5, 0.6) is 0 Å². The predicted molar refractivity (Wildman–Crippen MR) is 70.5 cm³/mol. The molecule has 0 saturated carbocycles. The van der Waals surface area contributed by atoms with Crippen LogP contribution >= 0.6 is 0 Å². The van der Waals surface area contributed by atoms with Crippen LogP contribution < -0.4 is 0 Å². The van der Waals surface area contributed by atoms with Crippen molar-refractivity contribution < 1.29 is 0 Å². The molecule has 0 nitrogen and oxygen atoms in total. The first kappa shape index (κ1) is 29.2. The average Bonchev–Trinajstić information content (AvgIpc) is 1.93. The Kier molecular flexibility index (Phi) is 51.0. The van der Waals surface area contributed by atoms with E-state index in [-0.39, 0.29) is 14.9 Å². The van der Waals surface area contributed by atoms with Crippen LogP contribution in [0.1, 0.15) is 83.1 Å². The van der Waals surface area contributed by atoms with E-state index in [1.165, 1.54) is 12.8 Å². The minimum absolute atomic E-state index is 0. The van der Waals surface area contributed by atoms with Gasteiger partial charge in [-0.05, 0) is 5.41 Å². The van der Waals surface area contributed by atoms with E-state index in [2.05, 4.69) is 41.5 Å². The second-order valence-corrected chi connectivity index (χ2v) is 3.62. The Balaban J connectivity index is -0.0000000268. The Morgan fingerprint density at radius 2 is 0.846 bits per heavy atom. The van der Waals surface area contributed by atoms with Gasteiger partial charge in [0.2, 0.25) is 0 Å². The molecular weight excluding hydrogens is 156 g/mol. The van der Waals surface area contributed by atoms with Crippen molar-refractivity contribution in [1.82, 2.24) is 0 Å². The Morgan fingerprint density at radius 1 is 0.769 bits per heavy atom. The van der Waals surface area contributed by atoms with Gasteiger partial charge in [-0.15, -0.1) is 0 Å². The van der Waals surface area contributed by atoms with Crippen LogP contribution in [0, 0.1) is 5.41 Å². The summed E-state index contributed by atoms with van der Waals surface area (Å²) in [5.41, 5.74) is 0.542. The quantitative estimate of drug-likeness (QED) is 0.431. The highest BCUT2D eigenvalue weighted by molar-refractivity contribution is 4.55. The minimum Gasteiger partial charge on any atom is -0.0776 e. The molecule has 0 aromatic heterocycles. The van der Waals surface area contributed by atoms with E-state index in [4.69, 9.17) is 0 Å². The summed E-state index contributed by atoms with van der Waals surface area (Å²) >= 11 is 0. The van der Waals surface area contributed by atoms with Crippen LogP contribution in [0.4, 0.5) is 0 Å². The van der Waals surface area contributed by atoms with E-state index in [0.29, 0.717) is 5.41 Å². The molecule has 0 rings (SSSR count). The number of rotatable bonds is 0. The van der Waals surface area contributed by atoms with Crippen molar-refractivity contribution in [2.24, 2.45) is 5.41 Å². The molecule has 0 aliphatic rings. The molecule has 88 valence electrons. The zero-order valence-electron chi connectivity index (χ0n) is 9.91. The summed E-state index contributed by atoms with van der Waals surface area (Å²) in [6, 6.07) is 0. The van der Waals surface area contributed by atoms with Gasteiger partial charge < -0.3 is 0 Å². The highest BCUT2D eigenvalue weighted by Crippen LogP contribution is 2.16. The van der Waals surface area contributed by atoms with Gasteiger partial charge in [-0.3, -0.25) is 0 Å². The molecule has 0 heterocycles. The molecular formula is C13H36. The lowest BCUT2D eigenvalue weighted by atomic mass is 9.94. The summed E-state index contributed by atoms with van der Waals surface area (Å²) in [6.07, 6.45) is 2.52. The first-order valence-corrected chi connectivity index (χ1v) is 4.97. The molecule has 0 bridgehead atoms. The second-order valence-electron chi connectivity index (χ2n) is 3.62. The second kappa shape index (κ2) is 22.7. The van der Waals surface area contributed by atoms with Crippen LogP contribution in [-0.2, 0) is 0 Å². The van der Waals surface area contributed by atoms with Gasteiger partial charge >= 0.3 is 0 Å². The Hall–Kier alpha value is 0. The maximum atomic E-state index is 2.24. The fourth-order valence-corrected chi connectivity index (χ4v) is 0. The SMILES string of the molecule is C.C.CC.CCC.CCC(C)(C)C. The lowest BCUT2D eigenvalue weighted by Gasteiger charge is -2.12. The van der Waals surface area contributed by atoms with Gasteiger partial charge in [0, 0.05) is 0 Å². The van der Waals surface area contributed by atoms with Gasteiger partial charge in [-0.25, -0.2) is 0 Å². The average molecular weight is 192 g/mol. The maximum absolute atomic E-state index is 2.24. The Bertz CT molecular complexity index is 38.5. The highest BCUT2D eigenvalue weighted by atomic mass is 14.1. The number of hydrogen-bond donors (Lipinski definition) is 0. The first-order chi connectivity index (χ1) is 4.97. The highest BCUT2D eigenvalue weighted by Gasteiger charge is 2.03. The summed E-state index contributed by atoms with van der Waals surface area (Å²) in [5, 5.41) is 0. The molecule has 0 saturated heterocycles. The van der Waals surface area contributed by atoms with Gasteiger partial charge in [-0.2, -0.15) is 0 Å². The predicted octanol–water partition coefficient (Wildman–Crippen LogP) is 6.16. The van der Waals surface area contributed by atoms with Crippen LogP contribution in [-0.4, -0.2) is 0 Å². The summed E-state index contributed by atoms with van der Waals surface area (Å²) in [7, 11) is 0. The van der Waals surface area contributed by atoms with Gasteiger partial charge in [0.1, 0.15) is 0 Å². The summed E-state index contributed by atoms with van der Waals surface area (Å²) in [5.74, 6) is 0. The van der Waals surface area contributed by atoms with Crippen molar-refractivity contribution in [2.45, 2.75) is 83.1 Å². The fourth-order valence-electron chi connectivity index (χ4n) is 0. The smallest absolute Gasteiger partial charge is 0.0385 e. The van der Waals surface area contributed by atoms with Gasteiger partial charge in [0.15, 0.2) is 0 Å². The van der Waals surface area contributed by atoms with Crippen molar-refractivity contribution >= 4 is 0 Å². The molecule has 0 amide bonds. The van der Waals surface area contributed by atoms with Crippen molar-refractivity contribution in [3.8, 4) is 0 Å². The molecule has 0 spiro atoms. The lowest BCUT2D eigenvalue weighted by Crippen LogP contribution is -2.00. The van der Waals surface area contributed by atoms with Crippen molar-refractivity contribution in [3.05, 3.63) is 0 Å². The molecule has 0 atom stereocenters. The van der Waals surface area contributed by atoms with Crippen LogP contribution in [0.3, 0.4) is 0 Å². The molecule has 0 unspecified atom stereocenters. The van der Waals surface area contributed by atoms with Crippen LogP contribution in [0.25, 0.3) is 0 Å². The molecule has 0 aromatic rings. The normalized spacial score (nSPS) is 7.38. The third-order valence-corrected chi connectivity index (χ3v) is 1.06. The maximum Gasteiger partial charge on any atom is -0.0385 e. The summed E-state index contributed by atoms with van der Waals surface area (Å²) < 4.78 is 0. The van der Waals surface area contributed by atoms with Crippen molar-refractivity contribution in [3.63, 3.8) is 0 Å². The largest absolute Gasteiger partial charge is 0.0776 e. The molecule has 0 aromatic carbocycles. The molecule has 0 aliphatic heterocycles. The lowest BCUT2D eigenvalue weighted by molar-refractivity contribution is 0.398. The molecule has 0 heteroatoms. The van der Waals surface area contributed by atoms with Gasteiger partial charge in [0.05, 0.1) is 0 Å². The molecule has 0 N–H and O–H groups in total. The number of hydrogen-bond acceptors (Lipinski definition) is 0. The topological polar surface area (TPSA) is 0 Å². The summed E-state index contributed by atoms with van der Waals surface area (Å²) in [4.78, 5) is 0. The molecule has 0 radical (unpaired) electrons. The van der Waals surface area contributed by atoms with E-state index in [1.54, 1.807) is 0 Å². The zero-order chi connectivity index (χ0) is 9.91. The standard InChI is InChI=1S/C6H14.C3H8.C2H6.2CH4/c1-5-6(2,3)4;1-3-2;1-2;;/h5H2,1-4H3;3H2,1-2H3;1-2H3;2*1H4. The van der Waals surface area contributed by atoms with E-state index in [1.807, 2.05) is 13.8 Å². The minimum atomic E-state index is 0.